The minimum Gasteiger partial charge on any atom is -0.490 e. The lowest BCUT2D eigenvalue weighted by molar-refractivity contribution is 0.0185. The summed E-state index contributed by atoms with van der Waals surface area (Å²) < 4.78 is 11.4. The lowest BCUT2D eigenvalue weighted by Crippen LogP contribution is -2.25. The first-order chi connectivity index (χ1) is 9.59. The van der Waals surface area contributed by atoms with E-state index in [9.17, 15) is 0 Å². The number of nitrogens with one attached hydrogen (secondary N) is 1. The van der Waals surface area contributed by atoms with Gasteiger partial charge in [-0.1, -0.05) is 0 Å². The maximum atomic E-state index is 5.96. The summed E-state index contributed by atoms with van der Waals surface area (Å²) in [7, 11) is 1.76. The van der Waals surface area contributed by atoms with Crippen molar-refractivity contribution in [3.05, 3.63) is 24.3 Å². The van der Waals surface area contributed by atoms with Crippen LogP contribution in [-0.2, 0) is 4.74 Å². The molecule has 0 spiro atoms. The molecule has 20 heavy (non-hydrogen) atoms. The first kappa shape index (κ1) is 15.2. The van der Waals surface area contributed by atoms with Crippen molar-refractivity contribution in [2.45, 2.75) is 57.7 Å². The molecule has 1 saturated carbocycles. The van der Waals surface area contributed by atoms with Gasteiger partial charge in [0, 0.05) is 19.3 Å². The van der Waals surface area contributed by atoms with Crippen molar-refractivity contribution >= 4 is 5.69 Å². The molecule has 2 rings (SSSR count). The zero-order valence-corrected chi connectivity index (χ0v) is 12.9. The van der Waals surface area contributed by atoms with Crippen molar-refractivity contribution in [2.75, 3.05) is 19.0 Å². The van der Waals surface area contributed by atoms with Gasteiger partial charge in [0.05, 0.1) is 11.7 Å². The lowest BCUT2D eigenvalue weighted by Gasteiger charge is -2.23. The van der Waals surface area contributed by atoms with Gasteiger partial charge in [-0.05, 0) is 70.2 Å². The van der Waals surface area contributed by atoms with Crippen LogP contribution in [0.15, 0.2) is 24.3 Å². The molecule has 0 heterocycles. The third kappa shape index (κ3) is 4.71. The van der Waals surface area contributed by atoms with Crippen LogP contribution in [0.1, 0.15) is 46.0 Å². The van der Waals surface area contributed by atoms with E-state index in [0.29, 0.717) is 6.10 Å². The second-order valence-corrected chi connectivity index (χ2v) is 6.19. The molecule has 3 nitrogen and oxygen atoms in total. The van der Waals surface area contributed by atoms with Gasteiger partial charge < -0.3 is 14.8 Å². The highest BCUT2D eigenvalue weighted by molar-refractivity contribution is 5.46. The van der Waals surface area contributed by atoms with Crippen LogP contribution >= 0.6 is 0 Å². The standard InChI is InChI=1S/C17H27NO2/c1-17(2,19-3)12-13-18-14-8-10-16(11-9-14)20-15-6-4-5-7-15/h8-11,15,18H,4-7,12-13H2,1-3H3. The number of methoxy groups -OCH3 is 1. The van der Waals surface area contributed by atoms with Gasteiger partial charge in [-0.25, -0.2) is 0 Å². The summed E-state index contributed by atoms with van der Waals surface area (Å²) in [6, 6.07) is 8.29. The molecule has 0 unspecified atom stereocenters. The summed E-state index contributed by atoms with van der Waals surface area (Å²) in [4.78, 5) is 0. The second-order valence-electron chi connectivity index (χ2n) is 6.19. The van der Waals surface area contributed by atoms with Gasteiger partial charge in [-0.3, -0.25) is 0 Å². The molecule has 1 aromatic rings. The predicted octanol–water partition coefficient (Wildman–Crippen LogP) is 4.24. The number of benzene rings is 1. The van der Waals surface area contributed by atoms with Gasteiger partial charge >= 0.3 is 0 Å². The number of anilines is 1. The molecule has 0 aromatic heterocycles. The summed E-state index contributed by atoms with van der Waals surface area (Å²) in [6.45, 7) is 5.12. The van der Waals surface area contributed by atoms with Crippen LogP contribution < -0.4 is 10.1 Å². The minimum atomic E-state index is -0.0709. The number of hydrogen-bond donors (Lipinski definition) is 1. The molecular formula is C17H27NO2. The van der Waals surface area contributed by atoms with Gasteiger partial charge in [0.2, 0.25) is 0 Å². The Morgan fingerprint density at radius 3 is 2.40 bits per heavy atom. The van der Waals surface area contributed by atoms with E-state index in [4.69, 9.17) is 9.47 Å². The van der Waals surface area contributed by atoms with Gasteiger partial charge in [0.1, 0.15) is 5.75 Å². The van der Waals surface area contributed by atoms with E-state index in [1.54, 1.807) is 7.11 Å². The van der Waals surface area contributed by atoms with Crippen LogP contribution in [0.2, 0.25) is 0 Å². The normalized spacial score (nSPS) is 16.4. The van der Waals surface area contributed by atoms with E-state index < -0.39 is 0 Å². The molecule has 1 N–H and O–H groups in total. The Labute approximate surface area is 122 Å². The van der Waals surface area contributed by atoms with Crippen LogP contribution in [0.3, 0.4) is 0 Å². The Hall–Kier alpha value is -1.22. The van der Waals surface area contributed by atoms with Gasteiger partial charge in [0.25, 0.3) is 0 Å². The molecule has 3 heteroatoms. The van der Waals surface area contributed by atoms with E-state index >= 15 is 0 Å². The van der Waals surface area contributed by atoms with Crippen molar-refractivity contribution in [1.29, 1.82) is 0 Å². The molecule has 1 aliphatic rings. The first-order valence-corrected chi connectivity index (χ1v) is 7.65. The fraction of sp³-hybridized carbons (Fsp3) is 0.647. The topological polar surface area (TPSA) is 30.5 Å². The molecule has 0 atom stereocenters. The number of ether oxygens (including phenoxy) is 2. The molecule has 1 fully saturated rings. The van der Waals surface area contributed by atoms with Crippen molar-refractivity contribution in [3.63, 3.8) is 0 Å². The Morgan fingerprint density at radius 1 is 1.15 bits per heavy atom. The average Bonchev–Trinajstić information content (AvgIpc) is 2.94. The van der Waals surface area contributed by atoms with Crippen molar-refractivity contribution in [1.82, 2.24) is 0 Å². The summed E-state index contributed by atoms with van der Waals surface area (Å²) >= 11 is 0. The van der Waals surface area contributed by atoms with E-state index in [-0.39, 0.29) is 5.60 Å². The lowest BCUT2D eigenvalue weighted by atomic mass is 10.1. The van der Waals surface area contributed by atoms with Gasteiger partial charge in [-0.15, -0.1) is 0 Å². The maximum Gasteiger partial charge on any atom is 0.119 e. The summed E-state index contributed by atoms with van der Waals surface area (Å²) in [5.41, 5.74) is 1.06. The highest BCUT2D eigenvalue weighted by Gasteiger charge is 2.16. The minimum absolute atomic E-state index is 0.0709. The van der Waals surface area contributed by atoms with Crippen LogP contribution in [0.5, 0.6) is 5.75 Å². The first-order valence-electron chi connectivity index (χ1n) is 7.65. The highest BCUT2D eigenvalue weighted by atomic mass is 16.5. The maximum absolute atomic E-state index is 5.96. The van der Waals surface area contributed by atoms with Gasteiger partial charge in [-0.2, -0.15) is 0 Å². The fourth-order valence-corrected chi connectivity index (χ4v) is 2.46. The molecule has 1 aromatic carbocycles. The third-order valence-corrected chi connectivity index (χ3v) is 4.07. The average molecular weight is 277 g/mol. The Kier molecular flexibility index (Phi) is 5.30. The molecule has 1 aliphatic carbocycles. The van der Waals surface area contributed by atoms with Crippen molar-refractivity contribution in [2.24, 2.45) is 0 Å². The van der Waals surface area contributed by atoms with Crippen LogP contribution in [-0.4, -0.2) is 25.4 Å². The smallest absolute Gasteiger partial charge is 0.119 e. The summed E-state index contributed by atoms with van der Waals surface area (Å²) in [5.74, 6) is 0.986. The largest absolute Gasteiger partial charge is 0.490 e. The SMILES string of the molecule is COC(C)(C)CCNc1ccc(OC2CCCC2)cc1. The Bertz CT molecular complexity index is 394. The van der Waals surface area contributed by atoms with Crippen LogP contribution in [0.25, 0.3) is 0 Å². The van der Waals surface area contributed by atoms with E-state index in [0.717, 1.165) is 24.4 Å². The monoisotopic (exact) mass is 277 g/mol. The summed E-state index contributed by atoms with van der Waals surface area (Å²) in [6.07, 6.45) is 6.41. The van der Waals surface area contributed by atoms with Crippen LogP contribution in [0.4, 0.5) is 5.69 Å². The van der Waals surface area contributed by atoms with E-state index in [1.165, 1.54) is 25.7 Å². The molecule has 0 radical (unpaired) electrons. The van der Waals surface area contributed by atoms with Crippen molar-refractivity contribution < 1.29 is 9.47 Å². The third-order valence-electron chi connectivity index (χ3n) is 4.07. The van der Waals surface area contributed by atoms with Gasteiger partial charge in [0.15, 0.2) is 0 Å². The molecule has 0 amide bonds. The number of hydrogen-bond acceptors (Lipinski definition) is 3. The van der Waals surface area contributed by atoms with Crippen LogP contribution in [0, 0.1) is 0 Å². The molecule has 0 aliphatic heterocycles. The zero-order chi connectivity index (χ0) is 14.4. The molecule has 0 saturated heterocycles. The molecule has 112 valence electrons. The van der Waals surface area contributed by atoms with Crippen molar-refractivity contribution in [3.8, 4) is 5.75 Å². The van der Waals surface area contributed by atoms with E-state index in [1.807, 2.05) is 0 Å². The fourth-order valence-electron chi connectivity index (χ4n) is 2.46. The summed E-state index contributed by atoms with van der Waals surface area (Å²) in [5, 5.41) is 3.42. The van der Waals surface area contributed by atoms with E-state index in [2.05, 4.69) is 43.4 Å². The molecule has 0 bridgehead atoms. The Morgan fingerprint density at radius 2 is 1.80 bits per heavy atom. The second kappa shape index (κ2) is 6.98. The quantitative estimate of drug-likeness (QED) is 0.809. The molecular weight excluding hydrogens is 250 g/mol. The Balaban J connectivity index is 1.76. The zero-order valence-electron chi connectivity index (χ0n) is 12.9. The highest BCUT2D eigenvalue weighted by Crippen LogP contribution is 2.25. The predicted molar refractivity (Wildman–Crippen MR) is 83.5 cm³/mol. The number of rotatable bonds is 7.